The minimum Gasteiger partial charge on any atom is -0.256 e. The molecule has 3 heterocycles. The molecule has 3 nitrogen and oxygen atoms in total. The Labute approximate surface area is 389 Å². The lowest BCUT2D eigenvalue weighted by atomic mass is 9.89. The van der Waals surface area contributed by atoms with Gasteiger partial charge in [0.2, 0.25) is 0 Å². The highest BCUT2D eigenvalue weighted by Gasteiger charge is 2.15. The van der Waals surface area contributed by atoms with Crippen molar-refractivity contribution in [2.75, 3.05) is 0 Å². The molecule has 0 saturated carbocycles. The standard InChI is InChI=1S/C61H44F3N3/c62-52-26-29-53(48-22-24-49(25-23-48)61-39-50(30-33-67-61)47-20-18-46(19-21-47)45-8-2-1-3-9-45)56(40-52)51-35-43(14-12-41-16-27-54(57(63)37-41)59-10-4-6-31-65-59)34-44(36-51)15-13-42-17-28-55(58(64)38-42)60-11-5-7-32-66-60/h1-11,16-40H,12-15H2. The third-order valence-electron chi connectivity index (χ3n) is 12.3. The molecule has 0 aliphatic rings. The van der Waals surface area contributed by atoms with E-state index in [0.29, 0.717) is 48.2 Å². The molecular formula is C61H44F3N3. The second kappa shape index (κ2) is 19.5. The van der Waals surface area contributed by atoms with Crippen LogP contribution in [0.15, 0.2) is 219 Å². The summed E-state index contributed by atoms with van der Waals surface area (Å²) in [5.74, 6) is -0.980. The van der Waals surface area contributed by atoms with Crippen LogP contribution in [0.4, 0.5) is 13.2 Å². The van der Waals surface area contributed by atoms with Gasteiger partial charge < -0.3 is 0 Å². The Balaban J connectivity index is 0.939. The van der Waals surface area contributed by atoms with Crippen LogP contribution >= 0.6 is 0 Å². The molecular weight excluding hydrogens is 832 g/mol. The number of benzene rings is 7. The average Bonchev–Trinajstić information content (AvgIpc) is 3.38. The summed E-state index contributed by atoms with van der Waals surface area (Å²) in [5, 5.41) is 0. The van der Waals surface area contributed by atoms with E-state index in [0.717, 1.165) is 72.5 Å². The van der Waals surface area contributed by atoms with Crippen molar-refractivity contribution in [3.63, 3.8) is 0 Å². The zero-order valence-corrected chi connectivity index (χ0v) is 36.6. The highest BCUT2D eigenvalue weighted by atomic mass is 19.1. The van der Waals surface area contributed by atoms with Crippen LogP contribution in [0.2, 0.25) is 0 Å². The van der Waals surface area contributed by atoms with Crippen molar-refractivity contribution >= 4 is 0 Å². The van der Waals surface area contributed by atoms with E-state index in [-0.39, 0.29) is 17.5 Å². The molecule has 0 unspecified atom stereocenters. The van der Waals surface area contributed by atoms with Crippen LogP contribution in [-0.2, 0) is 25.7 Å². The van der Waals surface area contributed by atoms with Gasteiger partial charge in [0.1, 0.15) is 17.5 Å². The number of hydrogen-bond donors (Lipinski definition) is 0. The van der Waals surface area contributed by atoms with Gasteiger partial charge in [-0.05, 0) is 165 Å². The van der Waals surface area contributed by atoms with Crippen LogP contribution in [-0.4, -0.2) is 15.0 Å². The topological polar surface area (TPSA) is 38.7 Å². The van der Waals surface area contributed by atoms with Gasteiger partial charge in [-0.2, -0.15) is 0 Å². The fraction of sp³-hybridized carbons (Fsp3) is 0.0656. The molecule has 0 saturated heterocycles. The number of hydrogen-bond acceptors (Lipinski definition) is 3. The van der Waals surface area contributed by atoms with Crippen LogP contribution in [0.3, 0.4) is 0 Å². The van der Waals surface area contributed by atoms with Crippen LogP contribution in [0.5, 0.6) is 0 Å². The lowest BCUT2D eigenvalue weighted by Gasteiger charge is -2.15. The fourth-order valence-electron chi connectivity index (χ4n) is 8.75. The van der Waals surface area contributed by atoms with Crippen molar-refractivity contribution in [1.29, 1.82) is 0 Å². The highest BCUT2D eigenvalue weighted by molar-refractivity contribution is 5.85. The van der Waals surface area contributed by atoms with E-state index in [1.54, 1.807) is 54.9 Å². The molecule has 0 aliphatic carbocycles. The molecule has 0 radical (unpaired) electrons. The zero-order valence-electron chi connectivity index (χ0n) is 36.6. The van der Waals surface area contributed by atoms with Crippen molar-refractivity contribution in [1.82, 2.24) is 15.0 Å². The first-order chi connectivity index (χ1) is 32.9. The van der Waals surface area contributed by atoms with Gasteiger partial charge in [0, 0.05) is 35.3 Å². The molecule has 6 heteroatoms. The van der Waals surface area contributed by atoms with Crippen LogP contribution in [0, 0.1) is 17.5 Å². The average molecular weight is 876 g/mol. The van der Waals surface area contributed by atoms with E-state index in [1.165, 1.54) is 11.6 Å². The number of aromatic nitrogens is 3. The summed E-state index contributed by atoms with van der Waals surface area (Å²) in [4.78, 5) is 13.4. The molecule has 7 aromatic carbocycles. The molecule has 0 fully saturated rings. The molecule has 324 valence electrons. The van der Waals surface area contributed by atoms with Gasteiger partial charge in [-0.15, -0.1) is 0 Å². The zero-order chi connectivity index (χ0) is 45.5. The van der Waals surface area contributed by atoms with Gasteiger partial charge in [-0.3, -0.25) is 15.0 Å². The van der Waals surface area contributed by atoms with Crippen molar-refractivity contribution < 1.29 is 13.2 Å². The lowest BCUT2D eigenvalue weighted by Crippen LogP contribution is -1.99. The number of pyridine rings is 3. The minimum absolute atomic E-state index is 0.320. The highest BCUT2D eigenvalue weighted by Crippen LogP contribution is 2.36. The fourth-order valence-corrected chi connectivity index (χ4v) is 8.75. The first kappa shape index (κ1) is 42.7. The first-order valence-electron chi connectivity index (χ1n) is 22.5. The first-order valence-corrected chi connectivity index (χ1v) is 22.5. The second-order valence-electron chi connectivity index (χ2n) is 16.7. The maximum absolute atomic E-state index is 15.4. The van der Waals surface area contributed by atoms with Crippen molar-refractivity contribution in [2.45, 2.75) is 25.7 Å². The molecule has 10 rings (SSSR count). The Kier molecular flexibility index (Phi) is 12.4. The molecule has 0 bridgehead atoms. The number of aryl methyl sites for hydroxylation is 4. The Morgan fingerprint density at radius 3 is 1.33 bits per heavy atom. The van der Waals surface area contributed by atoms with Gasteiger partial charge >= 0.3 is 0 Å². The van der Waals surface area contributed by atoms with Gasteiger partial charge in [0.05, 0.1) is 17.1 Å². The quantitative estimate of drug-likeness (QED) is 0.116. The summed E-state index contributed by atoms with van der Waals surface area (Å²) < 4.78 is 46.2. The molecule has 10 aromatic rings. The number of halogens is 3. The van der Waals surface area contributed by atoms with E-state index in [4.69, 9.17) is 4.98 Å². The molecule has 0 aliphatic heterocycles. The summed E-state index contributed by atoms with van der Waals surface area (Å²) in [6.45, 7) is 0. The number of nitrogens with zero attached hydrogens (tertiary/aromatic N) is 3. The van der Waals surface area contributed by atoms with Gasteiger partial charge in [0.25, 0.3) is 0 Å². The third kappa shape index (κ3) is 9.90. The number of rotatable bonds is 13. The van der Waals surface area contributed by atoms with Gasteiger partial charge in [0.15, 0.2) is 0 Å². The summed E-state index contributed by atoms with van der Waals surface area (Å²) in [6.07, 6.45) is 7.59. The summed E-state index contributed by atoms with van der Waals surface area (Å²) in [5.41, 5.74) is 15.7. The monoisotopic (exact) mass is 875 g/mol. The Hall–Kier alpha value is -8.22. The minimum atomic E-state index is -0.341. The summed E-state index contributed by atoms with van der Waals surface area (Å²) in [7, 11) is 0. The largest absolute Gasteiger partial charge is 0.256 e. The maximum atomic E-state index is 15.4. The lowest BCUT2D eigenvalue weighted by molar-refractivity contribution is 0.627. The Bertz CT molecular complexity index is 3190. The smallest absolute Gasteiger partial charge is 0.132 e. The van der Waals surface area contributed by atoms with E-state index in [1.807, 2.05) is 72.9 Å². The van der Waals surface area contributed by atoms with Crippen LogP contribution in [0.25, 0.3) is 78.3 Å². The van der Waals surface area contributed by atoms with Gasteiger partial charge in [-0.25, -0.2) is 13.2 Å². The van der Waals surface area contributed by atoms with Gasteiger partial charge in [-0.1, -0.05) is 127 Å². The predicted molar refractivity (Wildman–Crippen MR) is 265 cm³/mol. The molecule has 67 heavy (non-hydrogen) atoms. The maximum Gasteiger partial charge on any atom is 0.132 e. The normalized spacial score (nSPS) is 11.1. The molecule has 3 aromatic heterocycles. The summed E-state index contributed by atoms with van der Waals surface area (Å²) in [6, 6.07) is 64.1. The van der Waals surface area contributed by atoms with E-state index in [9.17, 15) is 0 Å². The van der Waals surface area contributed by atoms with E-state index < -0.39 is 0 Å². The van der Waals surface area contributed by atoms with Crippen molar-refractivity contribution in [2.24, 2.45) is 0 Å². The molecule has 0 atom stereocenters. The molecule has 0 N–H and O–H groups in total. The van der Waals surface area contributed by atoms with Crippen LogP contribution < -0.4 is 0 Å². The SMILES string of the molecule is Fc1ccc(-c2ccc(-c3cc(-c4ccc(-c5ccccc5)cc4)ccn3)cc2)c(-c2cc(CCc3ccc(-c4ccccn4)c(F)c3)cc(CCc3ccc(-c4ccccn4)c(F)c3)c2)c1. The van der Waals surface area contributed by atoms with Crippen molar-refractivity contribution in [3.05, 3.63) is 258 Å². The second-order valence-corrected chi connectivity index (χ2v) is 16.7. The summed E-state index contributed by atoms with van der Waals surface area (Å²) >= 11 is 0. The van der Waals surface area contributed by atoms with E-state index in [2.05, 4.69) is 94.9 Å². The molecule has 0 amide bonds. The van der Waals surface area contributed by atoms with E-state index >= 15 is 13.2 Å². The van der Waals surface area contributed by atoms with Crippen LogP contribution in [0.1, 0.15) is 22.3 Å². The Morgan fingerprint density at radius 2 is 0.761 bits per heavy atom. The molecule has 0 spiro atoms. The third-order valence-corrected chi connectivity index (χ3v) is 12.3. The Morgan fingerprint density at radius 1 is 0.269 bits per heavy atom. The predicted octanol–water partition coefficient (Wildman–Crippen LogP) is 15.5. The van der Waals surface area contributed by atoms with Crippen molar-refractivity contribution in [3.8, 4) is 78.3 Å².